The van der Waals surface area contributed by atoms with E-state index in [1.165, 1.54) is 30.5 Å². The van der Waals surface area contributed by atoms with Gasteiger partial charge in [0.05, 0.1) is 5.56 Å². The van der Waals surface area contributed by atoms with Gasteiger partial charge in [-0.2, -0.15) is 0 Å². The molecule has 0 radical (unpaired) electrons. The maximum absolute atomic E-state index is 12.9. The molecule has 0 unspecified atom stereocenters. The molecule has 0 bridgehead atoms. The van der Waals surface area contributed by atoms with Crippen LogP contribution in [0, 0.1) is 18.7 Å². The van der Waals surface area contributed by atoms with E-state index in [0.29, 0.717) is 42.8 Å². The number of rotatable bonds is 3. The molecule has 1 amide bonds. The maximum atomic E-state index is 12.9. The Morgan fingerprint density at radius 2 is 1.78 bits per heavy atom. The number of benzene rings is 1. The van der Waals surface area contributed by atoms with Gasteiger partial charge < -0.3 is 9.32 Å². The summed E-state index contributed by atoms with van der Waals surface area (Å²) in [7, 11) is 0. The number of piperidine rings is 1. The first kappa shape index (κ1) is 15.5. The summed E-state index contributed by atoms with van der Waals surface area (Å²) >= 11 is 0. The number of Topliss-reactive ketones (excluding diaryl/α,β-unsaturated/α-hetero) is 1. The van der Waals surface area contributed by atoms with Crippen molar-refractivity contribution in [3.63, 3.8) is 0 Å². The number of nitrogens with zero attached hydrogens (tertiary/aromatic N) is 1. The van der Waals surface area contributed by atoms with E-state index >= 15 is 0 Å². The van der Waals surface area contributed by atoms with E-state index in [1.54, 1.807) is 17.9 Å². The van der Waals surface area contributed by atoms with Gasteiger partial charge in [-0.25, -0.2) is 4.39 Å². The van der Waals surface area contributed by atoms with Crippen LogP contribution >= 0.6 is 0 Å². The van der Waals surface area contributed by atoms with Crippen LogP contribution in [-0.2, 0) is 0 Å². The van der Waals surface area contributed by atoms with Crippen LogP contribution in [0.3, 0.4) is 0 Å². The van der Waals surface area contributed by atoms with Gasteiger partial charge >= 0.3 is 0 Å². The zero-order chi connectivity index (χ0) is 16.4. The van der Waals surface area contributed by atoms with Gasteiger partial charge in [0.25, 0.3) is 5.91 Å². The van der Waals surface area contributed by atoms with Crippen molar-refractivity contribution in [2.24, 2.45) is 5.92 Å². The van der Waals surface area contributed by atoms with Crippen molar-refractivity contribution in [3.8, 4) is 0 Å². The molecule has 23 heavy (non-hydrogen) atoms. The van der Waals surface area contributed by atoms with E-state index in [1.807, 2.05) is 0 Å². The molecule has 0 saturated carbocycles. The summed E-state index contributed by atoms with van der Waals surface area (Å²) in [5, 5.41) is 0. The number of likely N-dealkylation sites (tertiary alicyclic amines) is 1. The van der Waals surface area contributed by atoms with Gasteiger partial charge in [-0.3, -0.25) is 9.59 Å². The van der Waals surface area contributed by atoms with Crippen LogP contribution in [0.5, 0.6) is 0 Å². The third kappa shape index (κ3) is 3.33. The molecule has 1 saturated heterocycles. The predicted molar refractivity (Wildman–Crippen MR) is 82.8 cm³/mol. The van der Waals surface area contributed by atoms with E-state index in [-0.39, 0.29) is 23.4 Å². The van der Waals surface area contributed by atoms with Gasteiger partial charge in [-0.15, -0.1) is 0 Å². The highest BCUT2D eigenvalue weighted by molar-refractivity contribution is 5.98. The van der Waals surface area contributed by atoms with Crippen LogP contribution in [0.15, 0.2) is 41.0 Å². The average molecular weight is 315 g/mol. The molecule has 120 valence electrons. The third-order valence-corrected chi connectivity index (χ3v) is 4.26. The molecule has 1 aromatic carbocycles. The lowest BCUT2D eigenvalue weighted by atomic mass is 9.88. The molecule has 1 aliphatic rings. The summed E-state index contributed by atoms with van der Waals surface area (Å²) in [5.41, 5.74) is 1.08. The van der Waals surface area contributed by atoms with Crippen LogP contribution in [-0.4, -0.2) is 29.7 Å². The van der Waals surface area contributed by atoms with E-state index in [4.69, 9.17) is 4.42 Å². The molecule has 2 aromatic rings. The summed E-state index contributed by atoms with van der Waals surface area (Å²) in [6.07, 6.45) is 2.71. The summed E-state index contributed by atoms with van der Waals surface area (Å²) in [6, 6.07) is 7.35. The highest BCUT2D eigenvalue weighted by Crippen LogP contribution is 2.23. The number of amides is 1. The van der Waals surface area contributed by atoms with Crippen molar-refractivity contribution in [3.05, 3.63) is 59.3 Å². The van der Waals surface area contributed by atoms with Crippen molar-refractivity contribution in [2.45, 2.75) is 19.8 Å². The van der Waals surface area contributed by atoms with Crippen LogP contribution in [0.2, 0.25) is 0 Å². The van der Waals surface area contributed by atoms with E-state index < -0.39 is 0 Å². The number of aryl methyl sites for hydroxylation is 1. The zero-order valence-corrected chi connectivity index (χ0v) is 12.9. The molecular weight excluding hydrogens is 297 g/mol. The van der Waals surface area contributed by atoms with Crippen LogP contribution in [0.1, 0.15) is 39.3 Å². The Balaban J connectivity index is 1.61. The van der Waals surface area contributed by atoms with Crippen molar-refractivity contribution >= 4 is 11.7 Å². The van der Waals surface area contributed by atoms with E-state index in [2.05, 4.69) is 0 Å². The van der Waals surface area contributed by atoms with Gasteiger partial charge in [-0.1, -0.05) is 0 Å². The van der Waals surface area contributed by atoms with Crippen LogP contribution in [0.4, 0.5) is 4.39 Å². The number of hydrogen-bond donors (Lipinski definition) is 0. The second-order valence-electron chi connectivity index (χ2n) is 5.88. The topological polar surface area (TPSA) is 50.5 Å². The summed E-state index contributed by atoms with van der Waals surface area (Å²) < 4.78 is 18.1. The fourth-order valence-electron chi connectivity index (χ4n) is 2.93. The highest BCUT2D eigenvalue weighted by Gasteiger charge is 2.28. The minimum Gasteiger partial charge on any atom is -0.469 e. The fraction of sp³-hybridized carbons (Fsp3) is 0.333. The second kappa shape index (κ2) is 6.36. The monoisotopic (exact) mass is 315 g/mol. The normalized spacial score (nSPS) is 15.7. The number of furan rings is 1. The Hall–Kier alpha value is -2.43. The number of carbonyl (C=O) groups excluding carboxylic acids is 2. The molecule has 0 aliphatic carbocycles. The minimum absolute atomic E-state index is 0.0243. The molecule has 1 aromatic heterocycles. The molecule has 5 heteroatoms. The first-order valence-electron chi connectivity index (χ1n) is 7.69. The molecule has 0 atom stereocenters. The van der Waals surface area contributed by atoms with Crippen molar-refractivity contribution in [1.29, 1.82) is 0 Å². The largest absolute Gasteiger partial charge is 0.469 e. The predicted octanol–water partition coefficient (Wildman–Crippen LogP) is 3.46. The molecule has 0 spiro atoms. The minimum atomic E-state index is -0.350. The number of halogens is 1. The van der Waals surface area contributed by atoms with Gasteiger partial charge in [0.1, 0.15) is 17.8 Å². The van der Waals surface area contributed by atoms with Crippen LogP contribution in [0.25, 0.3) is 0 Å². The Labute approximate surface area is 133 Å². The highest BCUT2D eigenvalue weighted by atomic mass is 19.1. The Morgan fingerprint density at radius 1 is 1.13 bits per heavy atom. The standard InChI is InChI=1S/C18H18FNO3/c1-12-10-15(11-23-12)18(22)20-8-6-14(7-9-20)17(21)13-2-4-16(19)5-3-13/h2-5,10-11,14H,6-9H2,1H3. The fourth-order valence-corrected chi connectivity index (χ4v) is 2.93. The van der Waals surface area contributed by atoms with Crippen molar-refractivity contribution in [1.82, 2.24) is 4.90 Å². The first-order chi connectivity index (χ1) is 11.0. The quantitative estimate of drug-likeness (QED) is 0.815. The molecule has 2 heterocycles. The summed E-state index contributed by atoms with van der Waals surface area (Å²) in [4.78, 5) is 26.5. The Kier molecular flexibility index (Phi) is 4.28. The smallest absolute Gasteiger partial charge is 0.257 e. The van der Waals surface area contributed by atoms with Crippen LogP contribution < -0.4 is 0 Å². The van der Waals surface area contributed by atoms with E-state index in [0.717, 1.165) is 0 Å². The SMILES string of the molecule is Cc1cc(C(=O)N2CCC(C(=O)c3ccc(F)cc3)CC2)co1. The lowest BCUT2D eigenvalue weighted by molar-refractivity contribution is 0.0649. The Morgan fingerprint density at radius 3 is 2.35 bits per heavy atom. The molecule has 1 aliphatic heterocycles. The maximum Gasteiger partial charge on any atom is 0.257 e. The lowest BCUT2D eigenvalue weighted by Crippen LogP contribution is -2.40. The van der Waals surface area contributed by atoms with E-state index in [9.17, 15) is 14.0 Å². The van der Waals surface area contributed by atoms with Gasteiger partial charge in [0.15, 0.2) is 5.78 Å². The molecule has 4 nitrogen and oxygen atoms in total. The second-order valence-corrected chi connectivity index (χ2v) is 5.88. The summed E-state index contributed by atoms with van der Waals surface area (Å²) in [5.74, 6) is 0.202. The number of carbonyl (C=O) groups is 2. The summed E-state index contributed by atoms with van der Waals surface area (Å²) in [6.45, 7) is 2.88. The van der Waals surface area contributed by atoms with Crippen molar-refractivity contribution in [2.75, 3.05) is 13.1 Å². The number of ketones is 1. The van der Waals surface area contributed by atoms with Gasteiger partial charge in [0.2, 0.25) is 0 Å². The molecular formula is C18H18FNO3. The molecule has 3 rings (SSSR count). The van der Waals surface area contributed by atoms with Crippen molar-refractivity contribution < 1.29 is 18.4 Å². The first-order valence-corrected chi connectivity index (χ1v) is 7.69. The average Bonchev–Trinajstić information content (AvgIpc) is 3.01. The Bertz CT molecular complexity index is 712. The lowest BCUT2D eigenvalue weighted by Gasteiger charge is -2.31. The zero-order valence-electron chi connectivity index (χ0n) is 12.9. The molecule has 0 N–H and O–H groups in total. The molecule has 1 fully saturated rings. The van der Waals surface area contributed by atoms with Gasteiger partial charge in [0, 0.05) is 24.6 Å². The third-order valence-electron chi connectivity index (χ3n) is 4.26. The van der Waals surface area contributed by atoms with Gasteiger partial charge in [-0.05, 0) is 50.1 Å². The number of hydrogen-bond acceptors (Lipinski definition) is 3.